The number of aliphatic hydroxyl groups excluding tert-OH is 1. The number of rotatable bonds is 5. The highest BCUT2D eigenvalue weighted by molar-refractivity contribution is 4.89. The highest BCUT2D eigenvalue weighted by Crippen LogP contribution is 2.45. The summed E-state index contributed by atoms with van der Waals surface area (Å²) in [5, 5.41) is 10.0. The van der Waals surface area contributed by atoms with Gasteiger partial charge in [0.2, 0.25) is 0 Å². The zero-order chi connectivity index (χ0) is 12.2. The van der Waals surface area contributed by atoms with Crippen molar-refractivity contribution in [1.82, 2.24) is 0 Å². The van der Waals surface area contributed by atoms with E-state index in [9.17, 15) is 18.3 Å². The van der Waals surface area contributed by atoms with Crippen LogP contribution in [0.15, 0.2) is 0 Å². The molecular formula is C12H21F3O. The van der Waals surface area contributed by atoms with Gasteiger partial charge in [0.25, 0.3) is 0 Å². The Morgan fingerprint density at radius 1 is 1.25 bits per heavy atom. The summed E-state index contributed by atoms with van der Waals surface area (Å²) >= 11 is 0. The van der Waals surface area contributed by atoms with Gasteiger partial charge in [0.1, 0.15) is 0 Å². The van der Waals surface area contributed by atoms with E-state index in [1.54, 1.807) is 0 Å². The highest BCUT2D eigenvalue weighted by atomic mass is 19.4. The topological polar surface area (TPSA) is 20.2 Å². The maximum absolute atomic E-state index is 12.0. The first kappa shape index (κ1) is 13.8. The van der Waals surface area contributed by atoms with E-state index in [1.165, 1.54) is 0 Å². The number of aliphatic hydroxyl groups is 1. The van der Waals surface area contributed by atoms with Crippen LogP contribution in [0.2, 0.25) is 0 Å². The zero-order valence-electron chi connectivity index (χ0n) is 9.82. The Morgan fingerprint density at radius 3 is 2.25 bits per heavy atom. The van der Waals surface area contributed by atoms with Crippen LogP contribution in [0.25, 0.3) is 0 Å². The first-order chi connectivity index (χ1) is 7.40. The lowest BCUT2D eigenvalue weighted by molar-refractivity contribution is -0.137. The zero-order valence-corrected chi connectivity index (χ0v) is 9.82. The molecule has 1 fully saturated rings. The fraction of sp³-hybridized carbons (Fsp3) is 1.00. The third-order valence-corrected chi connectivity index (χ3v) is 3.95. The monoisotopic (exact) mass is 238 g/mol. The van der Waals surface area contributed by atoms with E-state index >= 15 is 0 Å². The van der Waals surface area contributed by atoms with Crippen LogP contribution in [0.1, 0.15) is 58.3 Å². The molecule has 1 atom stereocenters. The standard InChI is InChI=1S/C12H21F3O/c1-2-11(7-3-4-8-11)10(16)6-5-9-12(13,14)15/h10,16H,2-9H2,1H3. The molecule has 4 heteroatoms. The molecule has 0 aliphatic heterocycles. The highest BCUT2D eigenvalue weighted by Gasteiger charge is 2.39. The molecule has 0 amide bonds. The number of hydrogen-bond donors (Lipinski definition) is 1. The Bertz CT molecular complexity index is 207. The fourth-order valence-electron chi connectivity index (χ4n) is 2.80. The van der Waals surface area contributed by atoms with Crippen LogP contribution in [0.5, 0.6) is 0 Å². The van der Waals surface area contributed by atoms with Crippen molar-refractivity contribution < 1.29 is 18.3 Å². The third-order valence-electron chi connectivity index (χ3n) is 3.95. The van der Waals surface area contributed by atoms with Gasteiger partial charge in [-0.2, -0.15) is 13.2 Å². The van der Waals surface area contributed by atoms with E-state index in [0.717, 1.165) is 32.1 Å². The minimum absolute atomic E-state index is 0.0480. The lowest BCUT2D eigenvalue weighted by atomic mass is 9.76. The van der Waals surface area contributed by atoms with Crippen LogP contribution in [0, 0.1) is 5.41 Å². The summed E-state index contributed by atoms with van der Waals surface area (Å²) in [6.45, 7) is 2.03. The molecule has 1 saturated carbocycles. The average molecular weight is 238 g/mol. The van der Waals surface area contributed by atoms with Gasteiger partial charge in [-0.05, 0) is 37.5 Å². The second-order valence-corrected chi connectivity index (χ2v) is 4.95. The van der Waals surface area contributed by atoms with E-state index < -0.39 is 18.7 Å². The second kappa shape index (κ2) is 5.39. The van der Waals surface area contributed by atoms with Gasteiger partial charge in [0, 0.05) is 6.42 Å². The summed E-state index contributed by atoms with van der Waals surface area (Å²) in [5.41, 5.74) is -0.0917. The molecule has 0 radical (unpaired) electrons. The quantitative estimate of drug-likeness (QED) is 0.766. The predicted octanol–water partition coefficient (Wildman–Crippen LogP) is 4.05. The minimum atomic E-state index is -4.09. The predicted molar refractivity (Wildman–Crippen MR) is 57.1 cm³/mol. The summed E-state index contributed by atoms with van der Waals surface area (Å²) < 4.78 is 35.9. The molecule has 0 saturated heterocycles. The Morgan fingerprint density at radius 2 is 1.81 bits per heavy atom. The van der Waals surface area contributed by atoms with Gasteiger partial charge in [-0.3, -0.25) is 0 Å². The molecule has 1 nitrogen and oxygen atoms in total. The van der Waals surface area contributed by atoms with Crippen LogP contribution in [-0.2, 0) is 0 Å². The second-order valence-electron chi connectivity index (χ2n) is 4.95. The van der Waals surface area contributed by atoms with Crippen molar-refractivity contribution in [2.75, 3.05) is 0 Å². The van der Waals surface area contributed by atoms with Crippen LogP contribution in [0.4, 0.5) is 13.2 Å². The van der Waals surface area contributed by atoms with Crippen molar-refractivity contribution in [2.24, 2.45) is 5.41 Å². The number of alkyl halides is 3. The number of hydrogen-bond acceptors (Lipinski definition) is 1. The van der Waals surface area contributed by atoms with Gasteiger partial charge in [0.15, 0.2) is 0 Å². The Hall–Kier alpha value is -0.250. The molecule has 0 aromatic carbocycles. The van der Waals surface area contributed by atoms with E-state index in [1.807, 2.05) is 6.92 Å². The lowest BCUT2D eigenvalue weighted by Gasteiger charge is -2.33. The van der Waals surface area contributed by atoms with Crippen LogP contribution in [-0.4, -0.2) is 17.4 Å². The van der Waals surface area contributed by atoms with Gasteiger partial charge in [0.05, 0.1) is 6.10 Å². The summed E-state index contributed by atoms with van der Waals surface area (Å²) in [6.07, 6.45) is -0.0670. The average Bonchev–Trinajstić information content (AvgIpc) is 2.65. The SMILES string of the molecule is CCC1(C(O)CCCC(F)(F)F)CCCC1. The maximum Gasteiger partial charge on any atom is 0.389 e. The van der Waals surface area contributed by atoms with E-state index in [4.69, 9.17) is 0 Å². The van der Waals surface area contributed by atoms with Crippen molar-refractivity contribution >= 4 is 0 Å². The largest absolute Gasteiger partial charge is 0.393 e. The van der Waals surface area contributed by atoms with Gasteiger partial charge >= 0.3 is 6.18 Å². The van der Waals surface area contributed by atoms with Crippen LogP contribution >= 0.6 is 0 Å². The Kier molecular flexibility index (Phi) is 4.65. The molecule has 1 unspecified atom stereocenters. The van der Waals surface area contributed by atoms with Crippen molar-refractivity contribution in [3.63, 3.8) is 0 Å². The van der Waals surface area contributed by atoms with Crippen molar-refractivity contribution in [1.29, 1.82) is 0 Å². The van der Waals surface area contributed by atoms with Gasteiger partial charge in [-0.1, -0.05) is 19.8 Å². The van der Waals surface area contributed by atoms with Crippen LogP contribution < -0.4 is 0 Å². The Balaban J connectivity index is 2.36. The summed E-state index contributed by atoms with van der Waals surface area (Å²) in [6, 6.07) is 0. The summed E-state index contributed by atoms with van der Waals surface area (Å²) in [4.78, 5) is 0. The van der Waals surface area contributed by atoms with Crippen molar-refractivity contribution in [3.8, 4) is 0 Å². The van der Waals surface area contributed by atoms with Crippen molar-refractivity contribution in [3.05, 3.63) is 0 Å². The first-order valence-electron chi connectivity index (χ1n) is 6.14. The molecule has 0 bridgehead atoms. The minimum Gasteiger partial charge on any atom is -0.393 e. The first-order valence-corrected chi connectivity index (χ1v) is 6.14. The molecule has 1 aliphatic carbocycles. The molecule has 0 spiro atoms. The fourth-order valence-corrected chi connectivity index (χ4v) is 2.80. The molecule has 16 heavy (non-hydrogen) atoms. The maximum atomic E-state index is 12.0. The van der Waals surface area contributed by atoms with Gasteiger partial charge < -0.3 is 5.11 Å². The lowest BCUT2D eigenvalue weighted by Crippen LogP contribution is -2.32. The molecule has 0 aromatic heterocycles. The summed E-state index contributed by atoms with van der Waals surface area (Å²) in [5.74, 6) is 0. The van der Waals surface area contributed by atoms with E-state index in [0.29, 0.717) is 0 Å². The summed E-state index contributed by atoms with van der Waals surface area (Å²) in [7, 11) is 0. The molecule has 1 rings (SSSR count). The van der Waals surface area contributed by atoms with E-state index in [2.05, 4.69) is 0 Å². The molecular weight excluding hydrogens is 217 g/mol. The Labute approximate surface area is 95.0 Å². The molecule has 0 heterocycles. The smallest absolute Gasteiger partial charge is 0.389 e. The third kappa shape index (κ3) is 3.65. The van der Waals surface area contributed by atoms with Crippen molar-refractivity contribution in [2.45, 2.75) is 70.6 Å². The molecule has 96 valence electrons. The molecule has 0 aromatic rings. The van der Waals surface area contributed by atoms with Gasteiger partial charge in [-0.15, -0.1) is 0 Å². The van der Waals surface area contributed by atoms with Crippen LogP contribution in [0.3, 0.4) is 0 Å². The molecule has 1 aliphatic rings. The van der Waals surface area contributed by atoms with Gasteiger partial charge in [-0.25, -0.2) is 0 Å². The van der Waals surface area contributed by atoms with E-state index in [-0.39, 0.29) is 18.3 Å². The molecule has 1 N–H and O–H groups in total. The normalized spacial score (nSPS) is 22.3. The number of halogens is 3.